The Morgan fingerprint density at radius 1 is 1.28 bits per heavy atom. The van der Waals surface area contributed by atoms with Crippen molar-refractivity contribution in [3.05, 3.63) is 41.0 Å². The number of nitrogens with one attached hydrogen (secondary N) is 2. The normalized spacial score (nSPS) is 14.8. The highest BCUT2D eigenvalue weighted by molar-refractivity contribution is 5.98. The van der Waals surface area contributed by atoms with Gasteiger partial charge in [0.15, 0.2) is 6.19 Å². The third-order valence-electron chi connectivity index (χ3n) is 4.52. The third kappa shape index (κ3) is 3.99. The van der Waals surface area contributed by atoms with Crippen LogP contribution in [0.15, 0.2) is 29.3 Å². The standard InChI is InChI=1S/C20H22N8O/c1-11(2)7-8-29-14-6-4-3-5-12(14)17-15-16(23)13(9-21)18(24)27-19(15)28-20(26-17)25-10-22/h3-6,11,17H,7-8H2,1-2H3,(H6,23,24,25,26,27,28). The summed E-state index contributed by atoms with van der Waals surface area (Å²) in [6.45, 7) is 4.81. The highest BCUT2D eigenvalue weighted by atomic mass is 16.5. The van der Waals surface area contributed by atoms with Crippen LogP contribution in [0.3, 0.4) is 0 Å². The molecule has 9 nitrogen and oxygen atoms in total. The number of rotatable bonds is 5. The van der Waals surface area contributed by atoms with E-state index in [0.29, 0.717) is 29.7 Å². The first-order chi connectivity index (χ1) is 14.0. The average molecular weight is 390 g/mol. The van der Waals surface area contributed by atoms with Gasteiger partial charge in [0.1, 0.15) is 35.1 Å². The molecule has 0 amide bonds. The number of para-hydroxylation sites is 1. The Kier molecular flexibility index (Phi) is 5.70. The van der Waals surface area contributed by atoms with Gasteiger partial charge in [0.05, 0.1) is 12.3 Å². The quantitative estimate of drug-likeness (QED) is 0.447. The average Bonchev–Trinajstić information content (AvgIpc) is 2.68. The molecule has 1 atom stereocenters. The molecular formula is C20H22N8O. The number of fused-ring (bicyclic) bond motifs is 1. The summed E-state index contributed by atoms with van der Waals surface area (Å²) in [4.78, 5) is 8.84. The Morgan fingerprint density at radius 2 is 2.03 bits per heavy atom. The van der Waals surface area contributed by atoms with Crippen LogP contribution >= 0.6 is 0 Å². The Labute approximate surface area is 169 Å². The number of benzene rings is 1. The number of ether oxygens (including phenoxy) is 1. The minimum atomic E-state index is -0.627. The van der Waals surface area contributed by atoms with Gasteiger partial charge in [-0.3, -0.25) is 5.32 Å². The summed E-state index contributed by atoms with van der Waals surface area (Å²) in [5, 5.41) is 23.8. The molecule has 1 aromatic heterocycles. The van der Waals surface area contributed by atoms with Crippen LogP contribution in [0.5, 0.6) is 5.75 Å². The number of anilines is 3. The minimum absolute atomic E-state index is 0.00896. The molecule has 0 saturated heterocycles. The van der Waals surface area contributed by atoms with Gasteiger partial charge >= 0.3 is 0 Å². The fraction of sp³-hybridized carbons (Fsp3) is 0.300. The fourth-order valence-electron chi connectivity index (χ4n) is 3.05. The molecule has 29 heavy (non-hydrogen) atoms. The van der Waals surface area contributed by atoms with E-state index in [-0.39, 0.29) is 23.0 Å². The summed E-state index contributed by atoms with van der Waals surface area (Å²) in [7, 11) is 0. The van der Waals surface area contributed by atoms with Gasteiger partial charge in [0.2, 0.25) is 5.96 Å². The zero-order valence-electron chi connectivity index (χ0n) is 16.2. The van der Waals surface area contributed by atoms with Gasteiger partial charge in [0, 0.05) is 11.1 Å². The molecule has 1 aliphatic rings. The number of guanidine groups is 1. The molecule has 6 N–H and O–H groups in total. The van der Waals surface area contributed by atoms with Gasteiger partial charge in [-0.25, -0.2) is 9.98 Å². The zero-order valence-corrected chi connectivity index (χ0v) is 16.2. The van der Waals surface area contributed by atoms with Crippen LogP contribution in [-0.2, 0) is 0 Å². The van der Waals surface area contributed by atoms with Crippen molar-refractivity contribution < 1.29 is 4.74 Å². The van der Waals surface area contributed by atoms with Crippen molar-refractivity contribution in [1.82, 2.24) is 10.3 Å². The van der Waals surface area contributed by atoms with E-state index in [2.05, 4.69) is 34.5 Å². The molecule has 1 aliphatic heterocycles. The number of aliphatic imine (C=N–C) groups is 1. The van der Waals surface area contributed by atoms with E-state index < -0.39 is 6.04 Å². The monoisotopic (exact) mass is 390 g/mol. The molecule has 2 heterocycles. The summed E-state index contributed by atoms with van der Waals surface area (Å²) >= 11 is 0. The number of pyridine rings is 1. The molecule has 1 aromatic carbocycles. The van der Waals surface area contributed by atoms with Crippen molar-refractivity contribution in [3.8, 4) is 18.0 Å². The van der Waals surface area contributed by atoms with Gasteiger partial charge in [-0.05, 0) is 18.4 Å². The van der Waals surface area contributed by atoms with Crippen molar-refractivity contribution in [2.24, 2.45) is 10.9 Å². The number of nitrogens with zero attached hydrogens (tertiary/aromatic N) is 4. The number of hydrogen-bond acceptors (Lipinski definition) is 9. The van der Waals surface area contributed by atoms with Crippen molar-refractivity contribution >= 4 is 23.3 Å². The molecule has 0 spiro atoms. The highest BCUT2D eigenvalue weighted by Crippen LogP contribution is 2.43. The molecule has 148 valence electrons. The maximum absolute atomic E-state index is 9.43. The van der Waals surface area contributed by atoms with Crippen molar-refractivity contribution in [1.29, 1.82) is 10.5 Å². The second kappa shape index (κ2) is 8.36. The van der Waals surface area contributed by atoms with E-state index in [0.717, 1.165) is 12.0 Å². The van der Waals surface area contributed by atoms with Gasteiger partial charge in [-0.1, -0.05) is 32.0 Å². The van der Waals surface area contributed by atoms with E-state index in [1.54, 1.807) is 0 Å². The van der Waals surface area contributed by atoms with Crippen molar-refractivity contribution in [2.45, 2.75) is 26.3 Å². The van der Waals surface area contributed by atoms with Crippen LogP contribution in [0.1, 0.15) is 43.0 Å². The fourth-order valence-corrected chi connectivity index (χ4v) is 3.05. The molecule has 0 saturated carbocycles. The Balaban J connectivity index is 2.12. The highest BCUT2D eigenvalue weighted by Gasteiger charge is 2.31. The third-order valence-corrected chi connectivity index (χ3v) is 4.52. The van der Waals surface area contributed by atoms with Crippen LogP contribution in [-0.4, -0.2) is 17.6 Å². The molecule has 0 fully saturated rings. The summed E-state index contributed by atoms with van der Waals surface area (Å²) in [5.74, 6) is 1.72. The zero-order chi connectivity index (χ0) is 21.0. The molecular weight excluding hydrogens is 368 g/mol. The first-order valence-electron chi connectivity index (χ1n) is 9.16. The Hall–Kier alpha value is -3.98. The summed E-state index contributed by atoms with van der Waals surface area (Å²) in [5.41, 5.74) is 13.7. The predicted octanol–water partition coefficient (Wildman–Crippen LogP) is 2.48. The summed E-state index contributed by atoms with van der Waals surface area (Å²) < 4.78 is 6.01. The van der Waals surface area contributed by atoms with E-state index in [4.69, 9.17) is 21.5 Å². The van der Waals surface area contributed by atoms with Crippen molar-refractivity contribution in [3.63, 3.8) is 0 Å². The number of nitrogens with two attached hydrogens (primary N) is 2. The van der Waals surface area contributed by atoms with Gasteiger partial charge in [-0.2, -0.15) is 10.5 Å². The number of nitrogen functional groups attached to an aromatic ring is 2. The lowest BCUT2D eigenvalue weighted by atomic mass is 9.94. The van der Waals surface area contributed by atoms with Crippen LogP contribution in [0.2, 0.25) is 0 Å². The van der Waals surface area contributed by atoms with E-state index in [1.165, 1.54) is 0 Å². The number of nitriles is 2. The van der Waals surface area contributed by atoms with E-state index in [1.807, 2.05) is 36.5 Å². The maximum Gasteiger partial charge on any atom is 0.211 e. The molecule has 1 unspecified atom stereocenters. The van der Waals surface area contributed by atoms with E-state index in [9.17, 15) is 5.26 Å². The van der Waals surface area contributed by atoms with Crippen LogP contribution in [0.25, 0.3) is 0 Å². The predicted molar refractivity (Wildman–Crippen MR) is 111 cm³/mol. The molecule has 9 heteroatoms. The van der Waals surface area contributed by atoms with Gasteiger partial charge in [0.25, 0.3) is 0 Å². The molecule has 0 bridgehead atoms. The first kappa shape index (κ1) is 19.8. The van der Waals surface area contributed by atoms with Gasteiger partial charge in [-0.15, -0.1) is 0 Å². The van der Waals surface area contributed by atoms with Crippen LogP contribution in [0.4, 0.5) is 17.3 Å². The Bertz CT molecular complexity index is 1030. The smallest absolute Gasteiger partial charge is 0.211 e. The van der Waals surface area contributed by atoms with Gasteiger partial charge < -0.3 is 21.5 Å². The second-order valence-corrected chi connectivity index (χ2v) is 6.97. The molecule has 0 radical (unpaired) electrons. The Morgan fingerprint density at radius 3 is 2.72 bits per heavy atom. The maximum atomic E-state index is 9.43. The summed E-state index contributed by atoms with van der Waals surface area (Å²) in [6.07, 6.45) is 2.74. The number of aromatic nitrogens is 1. The first-order valence-corrected chi connectivity index (χ1v) is 9.16. The molecule has 3 rings (SSSR count). The van der Waals surface area contributed by atoms with Crippen LogP contribution in [0, 0.1) is 28.7 Å². The molecule has 0 aliphatic carbocycles. The largest absolute Gasteiger partial charge is 0.493 e. The lowest BCUT2D eigenvalue weighted by Gasteiger charge is -2.27. The SMILES string of the molecule is CC(C)CCOc1ccccc1C1N=C(NC#N)Nc2nc(N)c(C#N)c(N)c21. The number of hydrogen-bond donors (Lipinski definition) is 4. The van der Waals surface area contributed by atoms with Crippen LogP contribution < -0.4 is 26.8 Å². The minimum Gasteiger partial charge on any atom is -0.493 e. The van der Waals surface area contributed by atoms with Crippen molar-refractivity contribution in [2.75, 3.05) is 23.4 Å². The summed E-state index contributed by atoms with van der Waals surface area (Å²) in [6, 6.07) is 8.84. The lowest BCUT2D eigenvalue weighted by Crippen LogP contribution is -2.32. The lowest BCUT2D eigenvalue weighted by molar-refractivity contribution is 0.286. The topological polar surface area (TPSA) is 158 Å². The second-order valence-electron chi connectivity index (χ2n) is 6.97. The van der Waals surface area contributed by atoms with E-state index >= 15 is 0 Å². The molecule has 2 aromatic rings.